The van der Waals surface area contributed by atoms with E-state index in [4.69, 9.17) is 14.0 Å². The summed E-state index contributed by atoms with van der Waals surface area (Å²) in [6.45, 7) is 4.19. The molecule has 0 saturated carbocycles. The van der Waals surface area contributed by atoms with Crippen molar-refractivity contribution >= 4 is 5.91 Å². The third kappa shape index (κ3) is 4.68. The van der Waals surface area contributed by atoms with Crippen LogP contribution in [0, 0.1) is 13.8 Å². The van der Waals surface area contributed by atoms with Crippen LogP contribution >= 0.6 is 0 Å². The van der Waals surface area contributed by atoms with Crippen molar-refractivity contribution in [1.82, 2.24) is 15.0 Å². The van der Waals surface area contributed by atoms with Crippen LogP contribution in [0.3, 0.4) is 0 Å². The minimum absolute atomic E-state index is 0.0571. The molecule has 1 aromatic heterocycles. The number of carbonyl (C=O) groups excluding carboxylic acids is 1. The van der Waals surface area contributed by atoms with E-state index in [-0.39, 0.29) is 19.1 Å². The Labute approximate surface area is 163 Å². The lowest BCUT2D eigenvalue weighted by atomic mass is 10.1. The molecule has 0 spiro atoms. The number of hydrogen-bond donors (Lipinski definition) is 0. The highest BCUT2D eigenvalue weighted by Crippen LogP contribution is 2.20. The van der Waals surface area contributed by atoms with Crippen molar-refractivity contribution in [2.24, 2.45) is 0 Å². The average molecular weight is 381 g/mol. The number of hydrogen-bond acceptors (Lipinski definition) is 6. The number of methoxy groups -OCH3 is 1. The zero-order chi connectivity index (χ0) is 20.1. The van der Waals surface area contributed by atoms with Gasteiger partial charge in [-0.2, -0.15) is 4.98 Å². The number of aryl methyl sites for hydroxylation is 2. The van der Waals surface area contributed by atoms with Gasteiger partial charge in [0.05, 0.1) is 13.7 Å². The number of amides is 1. The Morgan fingerprint density at radius 1 is 1.07 bits per heavy atom. The number of ether oxygens (including phenoxy) is 2. The van der Waals surface area contributed by atoms with Crippen LogP contribution in [-0.2, 0) is 11.3 Å². The van der Waals surface area contributed by atoms with Crippen LogP contribution in [0.25, 0.3) is 11.4 Å². The molecule has 3 rings (SSSR count). The lowest BCUT2D eigenvalue weighted by molar-refractivity contribution is -0.132. The van der Waals surface area contributed by atoms with Crippen LogP contribution in [0.1, 0.15) is 17.0 Å². The molecule has 0 saturated heterocycles. The van der Waals surface area contributed by atoms with Crippen LogP contribution in [-0.4, -0.2) is 41.7 Å². The highest BCUT2D eigenvalue weighted by atomic mass is 16.5. The predicted molar refractivity (Wildman–Crippen MR) is 104 cm³/mol. The Morgan fingerprint density at radius 2 is 1.79 bits per heavy atom. The Bertz CT molecular complexity index is 951. The van der Waals surface area contributed by atoms with E-state index in [1.165, 1.54) is 10.5 Å². The fraction of sp³-hybridized carbons (Fsp3) is 0.286. The molecule has 3 aromatic rings. The van der Waals surface area contributed by atoms with E-state index >= 15 is 0 Å². The summed E-state index contributed by atoms with van der Waals surface area (Å²) in [6.07, 6.45) is 0. The van der Waals surface area contributed by atoms with Crippen LogP contribution < -0.4 is 9.47 Å². The minimum atomic E-state index is -0.178. The molecule has 1 heterocycles. The lowest BCUT2D eigenvalue weighted by Crippen LogP contribution is -2.31. The summed E-state index contributed by atoms with van der Waals surface area (Å²) in [7, 11) is 3.28. The molecular formula is C21H23N3O4. The zero-order valence-corrected chi connectivity index (χ0v) is 16.4. The molecule has 7 nitrogen and oxygen atoms in total. The number of likely N-dealkylation sites (N-methyl/N-ethyl adjacent to an activating group) is 1. The van der Waals surface area contributed by atoms with Gasteiger partial charge in [0.25, 0.3) is 5.91 Å². The maximum atomic E-state index is 12.3. The summed E-state index contributed by atoms with van der Waals surface area (Å²) in [5, 5.41) is 3.97. The molecule has 0 bridgehead atoms. The minimum Gasteiger partial charge on any atom is -0.497 e. The van der Waals surface area contributed by atoms with Gasteiger partial charge >= 0.3 is 0 Å². The van der Waals surface area contributed by atoms with Gasteiger partial charge in [-0.15, -0.1) is 0 Å². The van der Waals surface area contributed by atoms with E-state index in [1.807, 2.05) is 56.3 Å². The highest BCUT2D eigenvalue weighted by molar-refractivity contribution is 5.77. The van der Waals surface area contributed by atoms with Gasteiger partial charge in [0.15, 0.2) is 6.61 Å². The maximum Gasteiger partial charge on any atom is 0.260 e. The van der Waals surface area contributed by atoms with Gasteiger partial charge in [-0.1, -0.05) is 11.2 Å². The molecule has 0 fully saturated rings. The summed E-state index contributed by atoms with van der Waals surface area (Å²) < 4.78 is 16.0. The molecule has 0 unspecified atom stereocenters. The zero-order valence-electron chi connectivity index (χ0n) is 16.4. The third-order valence-electron chi connectivity index (χ3n) is 4.46. The standard InChI is InChI=1S/C21H23N3O4/c1-14-5-8-18(11-15(14)2)27-13-20(25)24(3)12-19-22-21(23-28-19)16-6-9-17(26-4)10-7-16/h5-11H,12-13H2,1-4H3. The van der Waals surface area contributed by atoms with Gasteiger partial charge in [0.1, 0.15) is 11.5 Å². The van der Waals surface area contributed by atoms with E-state index in [0.29, 0.717) is 17.5 Å². The number of aromatic nitrogens is 2. The molecule has 0 aliphatic carbocycles. The van der Waals surface area contributed by atoms with Crippen LogP contribution in [0.15, 0.2) is 47.0 Å². The Morgan fingerprint density at radius 3 is 2.46 bits per heavy atom. The molecule has 0 aliphatic rings. The SMILES string of the molecule is COc1ccc(-c2noc(CN(C)C(=O)COc3ccc(C)c(C)c3)n2)cc1. The van der Waals surface area contributed by atoms with Crippen molar-refractivity contribution in [3.8, 4) is 22.9 Å². The van der Waals surface area contributed by atoms with E-state index < -0.39 is 0 Å². The maximum absolute atomic E-state index is 12.3. The van der Waals surface area contributed by atoms with Gasteiger partial charge < -0.3 is 18.9 Å². The first-order valence-electron chi connectivity index (χ1n) is 8.87. The molecular weight excluding hydrogens is 358 g/mol. The second kappa shape index (κ2) is 8.56. The third-order valence-corrected chi connectivity index (χ3v) is 4.46. The smallest absolute Gasteiger partial charge is 0.260 e. The summed E-state index contributed by atoms with van der Waals surface area (Å²) in [6, 6.07) is 13.1. The predicted octanol–water partition coefficient (Wildman–Crippen LogP) is 3.40. The molecule has 28 heavy (non-hydrogen) atoms. The molecule has 7 heteroatoms. The van der Waals surface area contributed by atoms with Gasteiger partial charge in [0, 0.05) is 12.6 Å². The fourth-order valence-corrected chi connectivity index (χ4v) is 2.53. The summed E-state index contributed by atoms with van der Waals surface area (Å²) in [4.78, 5) is 18.2. The van der Waals surface area contributed by atoms with E-state index in [0.717, 1.165) is 16.9 Å². The van der Waals surface area contributed by atoms with Crippen molar-refractivity contribution < 1.29 is 18.8 Å². The van der Waals surface area contributed by atoms with E-state index in [9.17, 15) is 4.79 Å². The van der Waals surface area contributed by atoms with Crippen molar-refractivity contribution in [2.45, 2.75) is 20.4 Å². The summed E-state index contributed by atoms with van der Waals surface area (Å²) in [5.74, 6) is 2.06. The van der Waals surface area contributed by atoms with Gasteiger partial charge in [-0.3, -0.25) is 4.79 Å². The van der Waals surface area contributed by atoms with Crippen molar-refractivity contribution in [2.75, 3.05) is 20.8 Å². The van der Waals surface area contributed by atoms with E-state index in [2.05, 4.69) is 10.1 Å². The molecule has 0 atom stereocenters. The Balaban J connectivity index is 1.56. The normalized spacial score (nSPS) is 10.6. The molecule has 1 amide bonds. The first-order chi connectivity index (χ1) is 13.5. The van der Waals surface area contributed by atoms with Crippen LogP contribution in [0.4, 0.5) is 0 Å². The second-order valence-corrected chi connectivity index (χ2v) is 6.52. The monoisotopic (exact) mass is 381 g/mol. The fourth-order valence-electron chi connectivity index (χ4n) is 2.53. The first-order valence-corrected chi connectivity index (χ1v) is 8.87. The van der Waals surface area contributed by atoms with Crippen molar-refractivity contribution in [1.29, 1.82) is 0 Å². The van der Waals surface area contributed by atoms with Crippen LogP contribution in [0.2, 0.25) is 0 Å². The largest absolute Gasteiger partial charge is 0.497 e. The van der Waals surface area contributed by atoms with Gasteiger partial charge in [-0.25, -0.2) is 0 Å². The average Bonchev–Trinajstić information content (AvgIpc) is 3.17. The lowest BCUT2D eigenvalue weighted by Gasteiger charge is -2.15. The number of benzene rings is 2. The first kappa shape index (κ1) is 19.4. The van der Waals surface area contributed by atoms with Gasteiger partial charge in [0.2, 0.25) is 11.7 Å². The number of carbonyl (C=O) groups is 1. The van der Waals surface area contributed by atoms with Crippen molar-refractivity contribution in [3.05, 3.63) is 59.5 Å². The molecule has 2 aromatic carbocycles. The Kier molecular flexibility index (Phi) is 5.93. The van der Waals surface area contributed by atoms with E-state index in [1.54, 1.807) is 14.2 Å². The summed E-state index contributed by atoms with van der Waals surface area (Å²) >= 11 is 0. The molecule has 0 aliphatic heterocycles. The van der Waals surface area contributed by atoms with Crippen LogP contribution in [0.5, 0.6) is 11.5 Å². The molecule has 0 radical (unpaired) electrons. The second-order valence-electron chi connectivity index (χ2n) is 6.52. The number of nitrogens with zero attached hydrogens (tertiary/aromatic N) is 3. The van der Waals surface area contributed by atoms with Crippen molar-refractivity contribution in [3.63, 3.8) is 0 Å². The quantitative estimate of drug-likeness (QED) is 0.624. The highest BCUT2D eigenvalue weighted by Gasteiger charge is 2.15. The summed E-state index contributed by atoms with van der Waals surface area (Å²) in [5.41, 5.74) is 3.11. The molecule has 0 N–H and O–H groups in total. The number of rotatable bonds is 7. The molecule has 146 valence electrons. The topological polar surface area (TPSA) is 77.7 Å². The Hall–Kier alpha value is -3.35. The van der Waals surface area contributed by atoms with Gasteiger partial charge in [-0.05, 0) is 61.4 Å².